The summed E-state index contributed by atoms with van der Waals surface area (Å²) in [6.07, 6.45) is 5.87. The van der Waals surface area contributed by atoms with E-state index in [1.807, 2.05) is 12.4 Å². The van der Waals surface area contributed by atoms with Crippen LogP contribution in [-0.4, -0.2) is 27.0 Å². The van der Waals surface area contributed by atoms with Crippen LogP contribution in [0.15, 0.2) is 213 Å². The number of fused-ring (bicyclic) bond motifs is 12. The molecule has 0 saturated carbocycles. The van der Waals surface area contributed by atoms with Crippen LogP contribution in [0.25, 0.3) is 54.9 Å². The molecular formula is C59H41N5PtSi. The zero-order chi connectivity index (χ0) is 43.3. The largest absolute Gasteiger partial charge is 2.00 e. The summed E-state index contributed by atoms with van der Waals surface area (Å²) in [4.78, 5) is 12.6. The molecule has 0 atom stereocenters. The van der Waals surface area contributed by atoms with Crippen LogP contribution in [0.3, 0.4) is 0 Å². The van der Waals surface area contributed by atoms with E-state index in [-0.39, 0.29) is 26.5 Å². The Bertz CT molecular complexity index is 3780. The van der Waals surface area contributed by atoms with E-state index < -0.39 is 8.07 Å². The van der Waals surface area contributed by atoms with Crippen molar-refractivity contribution in [2.75, 3.05) is 4.90 Å². The number of hydrogen-bond acceptors (Lipinski definition) is 3. The standard InChI is InChI=1S/C59H41N5Si.Pt/c1-59(2)51-28-13-15-30-54(51)63(40-18-6-3-7-19-40)56-52(59)34-33-48-49-27-17-35-60-58(49)64(55(48)56)41-20-16-25-44(38-41)65(42-21-8-4-9-22-42,43-23-10-5-11-24-43)45-31-32-46-47-26-12-14-29-53(47)62-37-36-61-57(62)50(46)39-45;/h3-37H,1-2H3;/q-2;+2. The van der Waals surface area contributed by atoms with Crippen LogP contribution in [-0.2, 0) is 26.5 Å². The predicted octanol–water partition coefficient (Wildman–Crippen LogP) is 11.2. The fourth-order valence-corrected chi connectivity index (χ4v) is 15.6. The van der Waals surface area contributed by atoms with Crippen molar-refractivity contribution in [2.45, 2.75) is 19.3 Å². The summed E-state index contributed by atoms with van der Waals surface area (Å²) in [7, 11) is -3.19. The van der Waals surface area contributed by atoms with Gasteiger partial charge in [-0.1, -0.05) is 152 Å². The molecule has 66 heavy (non-hydrogen) atoms. The summed E-state index contributed by atoms with van der Waals surface area (Å²) in [6.45, 7) is 4.72. The number of benzene rings is 8. The van der Waals surface area contributed by atoms with Gasteiger partial charge in [-0.3, -0.25) is 4.98 Å². The second-order valence-corrected chi connectivity index (χ2v) is 21.3. The Morgan fingerprint density at radius 2 is 1.15 bits per heavy atom. The van der Waals surface area contributed by atoms with E-state index in [0.717, 1.165) is 71.3 Å². The molecule has 0 fully saturated rings. The molecule has 7 heteroatoms. The van der Waals surface area contributed by atoms with Crippen LogP contribution < -0.4 is 25.6 Å². The zero-order valence-electron chi connectivity index (χ0n) is 36.3. The van der Waals surface area contributed by atoms with E-state index in [0.29, 0.717) is 0 Å². The molecule has 5 heterocycles. The Morgan fingerprint density at radius 3 is 1.94 bits per heavy atom. The molecule has 1 aliphatic heterocycles. The third kappa shape index (κ3) is 5.68. The molecule has 0 saturated heterocycles. The maximum atomic E-state index is 5.19. The molecule has 8 aromatic carbocycles. The van der Waals surface area contributed by atoms with Gasteiger partial charge in [-0.05, 0) is 63.3 Å². The summed E-state index contributed by atoms with van der Waals surface area (Å²) < 4.78 is 4.58. The van der Waals surface area contributed by atoms with E-state index in [1.165, 1.54) is 32.6 Å². The van der Waals surface area contributed by atoms with Gasteiger partial charge in [-0.15, -0.1) is 34.8 Å². The minimum absolute atomic E-state index is 0. The Morgan fingerprint density at radius 1 is 0.500 bits per heavy atom. The number of imidazole rings is 1. The first-order chi connectivity index (χ1) is 32.0. The molecule has 0 N–H and O–H groups in total. The van der Waals surface area contributed by atoms with Gasteiger partial charge in [0, 0.05) is 46.0 Å². The second kappa shape index (κ2) is 15.4. The topological polar surface area (TPSA) is 38.4 Å². The normalized spacial score (nSPS) is 13.3. The number of anilines is 3. The van der Waals surface area contributed by atoms with Gasteiger partial charge < -0.3 is 13.9 Å². The molecule has 0 bridgehead atoms. The number of para-hydroxylation sites is 3. The first kappa shape index (κ1) is 40.2. The van der Waals surface area contributed by atoms with Crippen molar-refractivity contribution < 1.29 is 21.1 Å². The van der Waals surface area contributed by atoms with Gasteiger partial charge in [0.2, 0.25) is 0 Å². The van der Waals surface area contributed by atoms with Crippen molar-refractivity contribution in [1.82, 2.24) is 18.9 Å². The minimum Gasteiger partial charge on any atom is -0.340 e. The average molecular weight is 1040 g/mol. The molecule has 12 aromatic rings. The Balaban J connectivity index is 0.00000456. The smallest absolute Gasteiger partial charge is 0.340 e. The summed E-state index contributed by atoms with van der Waals surface area (Å²) in [6, 6.07) is 79.0. The van der Waals surface area contributed by atoms with Crippen molar-refractivity contribution >= 4 is 95.1 Å². The van der Waals surface area contributed by atoms with Crippen molar-refractivity contribution in [3.8, 4) is 5.69 Å². The zero-order valence-corrected chi connectivity index (χ0v) is 39.5. The second-order valence-electron chi connectivity index (χ2n) is 17.6. The molecule has 13 rings (SSSR count). The van der Waals surface area contributed by atoms with Crippen LogP contribution in [0.2, 0.25) is 0 Å². The molecule has 0 unspecified atom stereocenters. The van der Waals surface area contributed by atoms with Crippen LogP contribution in [0, 0.1) is 12.1 Å². The van der Waals surface area contributed by atoms with Gasteiger partial charge in [0.25, 0.3) is 0 Å². The van der Waals surface area contributed by atoms with Gasteiger partial charge in [0.1, 0.15) is 13.7 Å². The summed E-state index contributed by atoms with van der Waals surface area (Å²) in [5, 5.41) is 10.3. The molecular weight excluding hydrogens is 1000 g/mol. The van der Waals surface area contributed by atoms with Crippen LogP contribution in [0.1, 0.15) is 25.0 Å². The van der Waals surface area contributed by atoms with E-state index in [9.17, 15) is 0 Å². The van der Waals surface area contributed by atoms with E-state index in [2.05, 4.69) is 240 Å². The molecule has 0 spiro atoms. The first-order valence-corrected chi connectivity index (χ1v) is 24.3. The minimum atomic E-state index is -3.19. The number of aromatic nitrogens is 4. The van der Waals surface area contributed by atoms with Gasteiger partial charge >= 0.3 is 21.1 Å². The third-order valence-electron chi connectivity index (χ3n) is 13.9. The Labute approximate surface area is 398 Å². The number of nitrogens with zero attached hydrogens (tertiary/aromatic N) is 5. The SMILES string of the molecule is CC1(C)c2ccccc2N(c2ccccc2)c2c1ccc1c3cccnc3n(-c3[c-]c([Si](c4[c-]c5c(cc4)c4ccccc4n4ccnc54)(c4ccccc4)c4ccccc4)ccc3)c21.[Pt+2]. The van der Waals surface area contributed by atoms with Gasteiger partial charge in [-0.2, -0.15) is 23.4 Å². The monoisotopic (exact) mass is 1040 g/mol. The molecule has 0 amide bonds. The Kier molecular flexibility index (Phi) is 9.35. The van der Waals surface area contributed by atoms with E-state index >= 15 is 0 Å². The average Bonchev–Trinajstić information content (AvgIpc) is 4.00. The molecule has 1 aliphatic rings. The summed E-state index contributed by atoms with van der Waals surface area (Å²) in [5.41, 5.74) is 10.7. The molecule has 0 radical (unpaired) electrons. The number of rotatable bonds is 6. The van der Waals surface area contributed by atoms with Crippen molar-refractivity contribution in [2.24, 2.45) is 0 Å². The molecule has 4 aromatic heterocycles. The third-order valence-corrected chi connectivity index (χ3v) is 18.5. The van der Waals surface area contributed by atoms with Crippen LogP contribution in [0.5, 0.6) is 0 Å². The van der Waals surface area contributed by atoms with Crippen LogP contribution >= 0.6 is 0 Å². The molecule has 0 aliphatic carbocycles. The number of hydrogen-bond donors (Lipinski definition) is 0. The summed E-state index contributed by atoms with van der Waals surface area (Å²) in [5.74, 6) is 0. The van der Waals surface area contributed by atoms with E-state index in [1.54, 1.807) is 0 Å². The maximum absolute atomic E-state index is 5.19. The van der Waals surface area contributed by atoms with Crippen molar-refractivity contribution in [3.05, 3.63) is 236 Å². The summed E-state index contributed by atoms with van der Waals surface area (Å²) >= 11 is 0. The Hall–Kier alpha value is -7.37. The number of pyridine rings is 2. The van der Waals surface area contributed by atoms with Crippen LogP contribution in [0.4, 0.5) is 17.1 Å². The first-order valence-electron chi connectivity index (χ1n) is 22.3. The molecule has 316 valence electrons. The van der Waals surface area contributed by atoms with Gasteiger partial charge in [0.15, 0.2) is 0 Å². The van der Waals surface area contributed by atoms with Gasteiger partial charge in [0.05, 0.1) is 22.5 Å². The fraction of sp³-hybridized carbons (Fsp3) is 0.0508. The van der Waals surface area contributed by atoms with Gasteiger partial charge in [-0.25, -0.2) is 4.98 Å². The predicted molar refractivity (Wildman–Crippen MR) is 270 cm³/mol. The molecule has 5 nitrogen and oxygen atoms in total. The van der Waals surface area contributed by atoms with E-state index in [4.69, 9.17) is 9.97 Å². The van der Waals surface area contributed by atoms with Crippen molar-refractivity contribution in [3.63, 3.8) is 0 Å². The quantitative estimate of drug-likeness (QED) is 0.0721. The van der Waals surface area contributed by atoms with Crippen molar-refractivity contribution in [1.29, 1.82) is 0 Å². The fourth-order valence-electron chi connectivity index (χ4n) is 11.0. The maximum Gasteiger partial charge on any atom is 2.00 e.